The van der Waals surface area contributed by atoms with Gasteiger partial charge in [0.25, 0.3) is 0 Å². The van der Waals surface area contributed by atoms with E-state index in [4.69, 9.17) is 15.7 Å². The molecule has 3 nitrogen and oxygen atoms in total. The molecule has 5 heteroatoms. The maximum Gasteiger partial charge on any atom is 0.191 e. The Balaban J connectivity index is 2.17. The predicted octanol–water partition coefficient (Wildman–Crippen LogP) is 2.87. The van der Waals surface area contributed by atoms with Gasteiger partial charge in [-0.1, -0.05) is 12.1 Å². The van der Waals surface area contributed by atoms with Gasteiger partial charge in [0.15, 0.2) is 17.4 Å². The van der Waals surface area contributed by atoms with Crippen molar-refractivity contribution in [2.75, 3.05) is 0 Å². The Morgan fingerprint density at radius 2 is 1.80 bits per heavy atom. The lowest BCUT2D eigenvalue weighted by molar-refractivity contribution is 0.274. The molecule has 2 aromatic rings. The van der Waals surface area contributed by atoms with Crippen molar-refractivity contribution in [2.24, 2.45) is 5.73 Å². The van der Waals surface area contributed by atoms with Crippen LogP contribution in [0.15, 0.2) is 36.4 Å². The molecule has 0 heterocycles. The van der Waals surface area contributed by atoms with Crippen molar-refractivity contribution in [3.8, 4) is 11.8 Å². The molecule has 0 saturated heterocycles. The average Bonchev–Trinajstić information content (AvgIpc) is 2.46. The number of nitrogens with zero attached hydrogens (tertiary/aromatic N) is 1. The number of rotatable bonds is 4. The standard InChI is InChI=1S/C15H12F2N2O/c16-13-5-12(8-19)6-14(17)15(13)20-9-11-3-1-2-10(4-11)7-18/h1-6H,8-9,19H2. The van der Waals surface area contributed by atoms with Gasteiger partial charge in [0.1, 0.15) is 6.61 Å². The number of ether oxygens (including phenoxy) is 1. The molecular weight excluding hydrogens is 262 g/mol. The van der Waals surface area contributed by atoms with Crippen molar-refractivity contribution < 1.29 is 13.5 Å². The molecule has 0 aliphatic heterocycles. The number of halogens is 2. The van der Waals surface area contributed by atoms with E-state index in [1.807, 2.05) is 6.07 Å². The molecule has 0 fully saturated rings. The molecule has 0 atom stereocenters. The number of hydrogen-bond donors (Lipinski definition) is 1. The van der Waals surface area contributed by atoms with Crippen molar-refractivity contribution >= 4 is 0 Å². The summed E-state index contributed by atoms with van der Waals surface area (Å²) in [5.41, 5.74) is 6.81. The summed E-state index contributed by atoms with van der Waals surface area (Å²) in [6.45, 7) is 0.0314. The highest BCUT2D eigenvalue weighted by Crippen LogP contribution is 2.24. The molecule has 102 valence electrons. The van der Waals surface area contributed by atoms with Crippen LogP contribution >= 0.6 is 0 Å². The van der Waals surface area contributed by atoms with Gasteiger partial charge < -0.3 is 10.5 Å². The van der Waals surface area contributed by atoms with Crippen LogP contribution in [0.5, 0.6) is 5.75 Å². The van der Waals surface area contributed by atoms with Crippen molar-refractivity contribution in [1.29, 1.82) is 5.26 Å². The zero-order valence-corrected chi connectivity index (χ0v) is 10.6. The zero-order valence-electron chi connectivity index (χ0n) is 10.6. The van der Waals surface area contributed by atoms with Gasteiger partial charge in [-0.3, -0.25) is 0 Å². The number of benzene rings is 2. The number of nitrogens with two attached hydrogens (primary N) is 1. The Kier molecular flexibility index (Phi) is 4.28. The summed E-state index contributed by atoms with van der Waals surface area (Å²) < 4.78 is 32.5. The molecule has 0 bridgehead atoms. The Bertz CT molecular complexity index is 642. The van der Waals surface area contributed by atoms with E-state index in [9.17, 15) is 8.78 Å². The molecular formula is C15H12F2N2O. The maximum atomic E-state index is 13.7. The maximum absolute atomic E-state index is 13.7. The molecule has 2 rings (SSSR count). The van der Waals surface area contributed by atoms with Crippen LogP contribution in [0.2, 0.25) is 0 Å². The highest BCUT2D eigenvalue weighted by atomic mass is 19.1. The van der Waals surface area contributed by atoms with Gasteiger partial charge in [0, 0.05) is 6.54 Å². The summed E-state index contributed by atoms with van der Waals surface area (Å²) in [7, 11) is 0. The second-order valence-electron chi connectivity index (χ2n) is 4.19. The Morgan fingerprint density at radius 3 is 2.40 bits per heavy atom. The predicted molar refractivity (Wildman–Crippen MR) is 69.7 cm³/mol. The first-order valence-corrected chi connectivity index (χ1v) is 5.94. The summed E-state index contributed by atoms with van der Waals surface area (Å²) in [6.07, 6.45) is 0. The third-order valence-electron chi connectivity index (χ3n) is 2.73. The fourth-order valence-electron chi connectivity index (χ4n) is 1.75. The molecule has 0 radical (unpaired) electrons. The van der Waals surface area contributed by atoms with E-state index in [1.165, 1.54) is 0 Å². The van der Waals surface area contributed by atoms with E-state index in [2.05, 4.69) is 0 Å². The van der Waals surface area contributed by atoms with Crippen LogP contribution in [0.1, 0.15) is 16.7 Å². The van der Waals surface area contributed by atoms with E-state index in [1.54, 1.807) is 24.3 Å². The van der Waals surface area contributed by atoms with Crippen LogP contribution in [-0.2, 0) is 13.2 Å². The zero-order chi connectivity index (χ0) is 14.5. The number of hydrogen-bond acceptors (Lipinski definition) is 3. The van der Waals surface area contributed by atoms with Crippen molar-refractivity contribution in [3.63, 3.8) is 0 Å². The van der Waals surface area contributed by atoms with Crippen LogP contribution < -0.4 is 10.5 Å². The Hall–Kier alpha value is -2.45. The second-order valence-corrected chi connectivity index (χ2v) is 4.19. The molecule has 0 aliphatic carbocycles. The molecule has 20 heavy (non-hydrogen) atoms. The van der Waals surface area contributed by atoms with E-state index in [0.29, 0.717) is 16.7 Å². The topological polar surface area (TPSA) is 59.0 Å². The lowest BCUT2D eigenvalue weighted by Gasteiger charge is -2.10. The van der Waals surface area contributed by atoms with Crippen LogP contribution in [-0.4, -0.2) is 0 Å². The van der Waals surface area contributed by atoms with E-state index in [0.717, 1.165) is 12.1 Å². The molecule has 2 N–H and O–H groups in total. The fraction of sp³-hybridized carbons (Fsp3) is 0.133. The van der Waals surface area contributed by atoms with Gasteiger partial charge in [-0.2, -0.15) is 5.26 Å². The molecule has 0 aromatic heterocycles. The van der Waals surface area contributed by atoms with Crippen molar-refractivity contribution in [3.05, 3.63) is 64.7 Å². The molecule has 0 spiro atoms. The molecule has 0 aliphatic rings. The monoisotopic (exact) mass is 274 g/mol. The lowest BCUT2D eigenvalue weighted by atomic mass is 10.1. The van der Waals surface area contributed by atoms with Crippen molar-refractivity contribution in [2.45, 2.75) is 13.2 Å². The van der Waals surface area contributed by atoms with Crippen molar-refractivity contribution in [1.82, 2.24) is 0 Å². The molecule has 0 saturated carbocycles. The fourth-order valence-corrected chi connectivity index (χ4v) is 1.75. The minimum Gasteiger partial charge on any atom is -0.483 e. The Morgan fingerprint density at radius 1 is 1.10 bits per heavy atom. The SMILES string of the molecule is N#Cc1cccc(COc2c(F)cc(CN)cc2F)c1. The van der Waals surface area contributed by atoms with Gasteiger partial charge in [-0.05, 0) is 35.4 Å². The van der Waals surface area contributed by atoms with Gasteiger partial charge in [0.2, 0.25) is 0 Å². The second kappa shape index (κ2) is 6.13. The third kappa shape index (κ3) is 3.11. The Labute approximate surface area is 115 Å². The summed E-state index contributed by atoms with van der Waals surface area (Å²) >= 11 is 0. The highest BCUT2D eigenvalue weighted by Gasteiger charge is 2.12. The van der Waals surface area contributed by atoms with E-state index >= 15 is 0 Å². The number of nitriles is 1. The van der Waals surface area contributed by atoms with Crippen LogP contribution in [0.4, 0.5) is 8.78 Å². The first-order valence-electron chi connectivity index (χ1n) is 5.94. The molecule has 0 amide bonds. The largest absolute Gasteiger partial charge is 0.483 e. The van der Waals surface area contributed by atoms with Gasteiger partial charge in [0.05, 0.1) is 11.6 Å². The third-order valence-corrected chi connectivity index (χ3v) is 2.73. The molecule has 0 unspecified atom stereocenters. The highest BCUT2D eigenvalue weighted by molar-refractivity contribution is 5.34. The van der Waals surface area contributed by atoms with Crippen LogP contribution in [0.25, 0.3) is 0 Å². The molecule has 2 aromatic carbocycles. The quantitative estimate of drug-likeness (QED) is 0.932. The first kappa shape index (κ1) is 14.0. The smallest absolute Gasteiger partial charge is 0.191 e. The summed E-state index contributed by atoms with van der Waals surface area (Å²) in [4.78, 5) is 0. The van der Waals surface area contributed by atoms with Gasteiger partial charge >= 0.3 is 0 Å². The van der Waals surface area contributed by atoms with Crippen LogP contribution in [0.3, 0.4) is 0 Å². The summed E-state index contributed by atoms with van der Waals surface area (Å²) in [6, 6.07) is 10.9. The normalized spacial score (nSPS) is 10.1. The summed E-state index contributed by atoms with van der Waals surface area (Å²) in [5, 5.41) is 8.77. The van der Waals surface area contributed by atoms with Gasteiger partial charge in [-0.25, -0.2) is 8.78 Å². The first-order chi connectivity index (χ1) is 9.63. The summed E-state index contributed by atoms with van der Waals surface area (Å²) in [5.74, 6) is -2.02. The average molecular weight is 274 g/mol. The minimum absolute atomic E-state index is 0.0225. The minimum atomic E-state index is -0.790. The van der Waals surface area contributed by atoms with E-state index < -0.39 is 17.4 Å². The van der Waals surface area contributed by atoms with Crippen LogP contribution in [0, 0.1) is 23.0 Å². The lowest BCUT2D eigenvalue weighted by Crippen LogP contribution is -2.03. The van der Waals surface area contributed by atoms with Gasteiger partial charge in [-0.15, -0.1) is 0 Å². The van der Waals surface area contributed by atoms with E-state index in [-0.39, 0.29) is 13.2 Å².